The van der Waals surface area contributed by atoms with E-state index in [0.717, 1.165) is 30.6 Å². The van der Waals surface area contributed by atoms with Crippen molar-refractivity contribution in [2.75, 3.05) is 20.8 Å². The summed E-state index contributed by atoms with van der Waals surface area (Å²) in [5, 5.41) is 6.50. The van der Waals surface area contributed by atoms with E-state index in [-0.39, 0.29) is 46.3 Å². The van der Waals surface area contributed by atoms with Crippen molar-refractivity contribution >= 4 is 43.9 Å². The van der Waals surface area contributed by atoms with Gasteiger partial charge in [0.15, 0.2) is 0 Å². The maximum Gasteiger partial charge on any atom is 0.360 e. The molecular formula is C33H36N6O12S2. The average Bonchev–Trinajstić information content (AvgIpc) is 3.92. The molecule has 0 radical (unpaired) electrons. The summed E-state index contributed by atoms with van der Waals surface area (Å²) in [6.45, 7) is 2.10. The van der Waals surface area contributed by atoms with E-state index in [1.807, 2.05) is 11.6 Å². The Morgan fingerprint density at radius 2 is 1.45 bits per heavy atom. The summed E-state index contributed by atoms with van der Waals surface area (Å²) < 4.78 is 69.7. The standard InChI is InChI=1S/C18H18N2O5S.C15H18N4O7S/c1-25-16-5-3-2-4-15(16)18(22)20-26(23,24)14-10-6-12(7-11-14)17(21)19-13-8-9-13;1-4-9-26-14-16-19(15(22)18(14)2)13(21)17-27(23,24)11-8-6-5-7-10(11)12(20)25-3/h2-7,10-11,13H,8-9H2,1H3,(H,19,21)(H,20,22);5-8H,4,9H2,1-3H3,(H,17,21). The minimum Gasteiger partial charge on any atom is -0.496 e. The molecule has 1 saturated carbocycles. The number of carbonyl (C=O) groups excluding carboxylic acids is 4. The monoisotopic (exact) mass is 772 g/mol. The van der Waals surface area contributed by atoms with Crippen LogP contribution in [-0.4, -0.2) is 81.9 Å². The van der Waals surface area contributed by atoms with Gasteiger partial charge in [-0.3, -0.25) is 9.59 Å². The van der Waals surface area contributed by atoms with Crippen molar-refractivity contribution < 1.29 is 50.2 Å². The zero-order valence-electron chi connectivity index (χ0n) is 28.9. The Kier molecular flexibility index (Phi) is 12.8. The third kappa shape index (κ3) is 9.86. The lowest BCUT2D eigenvalue weighted by atomic mass is 10.2. The number of nitrogens with one attached hydrogen (secondary N) is 3. The zero-order valence-corrected chi connectivity index (χ0v) is 30.5. The highest BCUT2D eigenvalue weighted by Gasteiger charge is 2.28. The third-order valence-corrected chi connectivity index (χ3v) is 10.0. The van der Waals surface area contributed by atoms with Crippen molar-refractivity contribution in [1.82, 2.24) is 29.1 Å². The molecule has 18 nitrogen and oxygen atoms in total. The molecule has 1 aliphatic carbocycles. The molecule has 0 aliphatic heterocycles. The first-order chi connectivity index (χ1) is 25.1. The number of para-hydroxylation sites is 1. The van der Waals surface area contributed by atoms with Crippen LogP contribution in [0, 0.1) is 0 Å². The van der Waals surface area contributed by atoms with E-state index >= 15 is 0 Å². The Hall–Kier alpha value is -6.02. The number of amides is 3. The molecule has 3 N–H and O–H groups in total. The number of sulfonamides is 2. The highest BCUT2D eigenvalue weighted by Crippen LogP contribution is 2.21. The fraction of sp³-hybridized carbons (Fsp3) is 0.273. The summed E-state index contributed by atoms with van der Waals surface area (Å²) in [5.74, 6) is -1.66. The van der Waals surface area contributed by atoms with Crippen LogP contribution in [0.15, 0.2) is 87.4 Å². The predicted molar refractivity (Wildman–Crippen MR) is 187 cm³/mol. The molecule has 1 heterocycles. The van der Waals surface area contributed by atoms with Gasteiger partial charge in [0.25, 0.3) is 31.9 Å². The molecular weight excluding hydrogens is 737 g/mol. The quantitative estimate of drug-likeness (QED) is 0.174. The first kappa shape index (κ1) is 39.8. The molecule has 1 aliphatic rings. The lowest BCUT2D eigenvalue weighted by molar-refractivity contribution is 0.0595. The molecule has 1 aromatic heterocycles. The van der Waals surface area contributed by atoms with Crippen LogP contribution in [0.5, 0.6) is 11.8 Å². The van der Waals surface area contributed by atoms with Gasteiger partial charge in [-0.15, -0.1) is 9.78 Å². The van der Waals surface area contributed by atoms with Crippen LogP contribution < -0.4 is 29.9 Å². The normalized spacial score (nSPS) is 12.4. The molecule has 3 aromatic carbocycles. The van der Waals surface area contributed by atoms with Crippen LogP contribution in [0.2, 0.25) is 0 Å². The lowest BCUT2D eigenvalue weighted by Gasteiger charge is -2.10. The van der Waals surface area contributed by atoms with Gasteiger partial charge in [-0.1, -0.05) is 31.2 Å². The van der Waals surface area contributed by atoms with E-state index in [4.69, 9.17) is 9.47 Å². The van der Waals surface area contributed by atoms with Crippen molar-refractivity contribution in [2.45, 2.75) is 42.0 Å². The van der Waals surface area contributed by atoms with E-state index < -0.39 is 48.5 Å². The summed E-state index contributed by atoms with van der Waals surface area (Å²) in [6, 6.07) is 15.7. The van der Waals surface area contributed by atoms with Gasteiger partial charge in [0, 0.05) is 18.7 Å². The SMILES string of the molecule is CCCOc1nn(C(=O)NS(=O)(=O)c2ccccc2C(=O)OC)c(=O)n1C.COc1ccccc1C(=O)NS(=O)(=O)c1ccc(C(=O)NC2CC2)cc1. The van der Waals surface area contributed by atoms with Crippen molar-refractivity contribution in [2.24, 2.45) is 7.05 Å². The molecule has 1 fully saturated rings. The highest BCUT2D eigenvalue weighted by molar-refractivity contribution is 7.90. The molecule has 3 amide bonds. The number of nitrogens with zero attached hydrogens (tertiary/aromatic N) is 3. The number of carbonyl (C=O) groups is 4. The number of hydrogen-bond donors (Lipinski definition) is 3. The predicted octanol–water partition coefficient (Wildman–Crippen LogP) is 1.81. The third-order valence-electron chi connectivity index (χ3n) is 7.29. The minimum atomic E-state index is -4.48. The number of esters is 1. The number of aromatic nitrogens is 3. The fourth-order valence-electron chi connectivity index (χ4n) is 4.41. The van der Waals surface area contributed by atoms with Crippen LogP contribution in [-0.2, 0) is 31.8 Å². The van der Waals surface area contributed by atoms with Crippen LogP contribution in [0.3, 0.4) is 0 Å². The van der Waals surface area contributed by atoms with E-state index in [1.165, 1.54) is 62.7 Å². The minimum absolute atomic E-state index is 0.108. The average molecular weight is 773 g/mol. The second-order valence-electron chi connectivity index (χ2n) is 11.2. The first-order valence-electron chi connectivity index (χ1n) is 15.8. The molecule has 20 heteroatoms. The van der Waals surface area contributed by atoms with E-state index in [9.17, 15) is 40.8 Å². The molecule has 282 valence electrons. The Labute approximate surface area is 304 Å². The molecule has 0 unspecified atom stereocenters. The van der Waals surface area contributed by atoms with Crippen LogP contribution in [0.1, 0.15) is 57.3 Å². The highest BCUT2D eigenvalue weighted by atomic mass is 32.2. The lowest BCUT2D eigenvalue weighted by Crippen LogP contribution is -2.40. The maximum atomic E-state index is 12.5. The summed E-state index contributed by atoms with van der Waals surface area (Å²) in [4.78, 5) is 59.8. The van der Waals surface area contributed by atoms with Gasteiger partial charge in [0.05, 0.1) is 36.8 Å². The Balaban J connectivity index is 0.000000237. The molecule has 4 aromatic rings. The van der Waals surface area contributed by atoms with Crippen LogP contribution >= 0.6 is 0 Å². The number of methoxy groups -OCH3 is 2. The summed E-state index contributed by atoms with van der Waals surface area (Å²) in [7, 11) is -4.74. The van der Waals surface area contributed by atoms with E-state index in [0.29, 0.717) is 16.7 Å². The van der Waals surface area contributed by atoms with Gasteiger partial charge in [0.2, 0.25) is 0 Å². The Morgan fingerprint density at radius 3 is 2.06 bits per heavy atom. The summed E-state index contributed by atoms with van der Waals surface area (Å²) in [5.41, 5.74) is -0.679. The molecule has 0 spiro atoms. The topological polar surface area (TPSA) is 240 Å². The van der Waals surface area contributed by atoms with Gasteiger partial charge < -0.3 is 19.5 Å². The number of hydrogen-bond acceptors (Lipinski definition) is 13. The number of benzene rings is 3. The van der Waals surface area contributed by atoms with E-state index in [1.54, 1.807) is 22.9 Å². The summed E-state index contributed by atoms with van der Waals surface area (Å²) >= 11 is 0. The summed E-state index contributed by atoms with van der Waals surface area (Å²) in [6.07, 6.45) is 2.58. The Bertz CT molecular complexity index is 2280. The molecule has 53 heavy (non-hydrogen) atoms. The molecule has 0 bridgehead atoms. The molecule has 0 saturated heterocycles. The van der Waals surface area contributed by atoms with E-state index in [2.05, 4.69) is 15.2 Å². The van der Waals surface area contributed by atoms with Crippen LogP contribution in [0.25, 0.3) is 0 Å². The zero-order chi connectivity index (χ0) is 38.9. The van der Waals surface area contributed by atoms with Crippen molar-refractivity contribution in [1.29, 1.82) is 0 Å². The van der Waals surface area contributed by atoms with Gasteiger partial charge in [0.1, 0.15) is 10.6 Å². The van der Waals surface area contributed by atoms with Gasteiger partial charge in [-0.05, 0) is 67.8 Å². The van der Waals surface area contributed by atoms with Gasteiger partial charge in [-0.25, -0.2) is 45.2 Å². The van der Waals surface area contributed by atoms with Crippen molar-refractivity contribution in [3.63, 3.8) is 0 Å². The first-order valence-corrected chi connectivity index (χ1v) is 18.7. The van der Waals surface area contributed by atoms with Crippen molar-refractivity contribution in [3.8, 4) is 11.8 Å². The Morgan fingerprint density at radius 1 is 0.830 bits per heavy atom. The molecule has 5 rings (SSSR count). The maximum absolute atomic E-state index is 12.5. The number of ether oxygens (including phenoxy) is 3. The smallest absolute Gasteiger partial charge is 0.360 e. The van der Waals surface area contributed by atoms with Crippen molar-refractivity contribution in [3.05, 3.63) is 100.0 Å². The second kappa shape index (κ2) is 17.0. The molecule has 0 atom stereocenters. The second-order valence-corrected chi connectivity index (χ2v) is 14.5. The fourth-order valence-corrected chi connectivity index (χ4v) is 6.50. The largest absolute Gasteiger partial charge is 0.496 e. The van der Waals surface area contributed by atoms with Crippen LogP contribution in [0.4, 0.5) is 4.79 Å². The van der Waals surface area contributed by atoms with Gasteiger partial charge >= 0.3 is 23.7 Å². The number of rotatable bonds is 12. The van der Waals surface area contributed by atoms with Gasteiger partial charge in [-0.2, -0.15) is 0 Å².